The molecule has 0 N–H and O–H groups in total. The molecule has 0 atom stereocenters. The van der Waals surface area contributed by atoms with Gasteiger partial charge in [0, 0.05) is 6.04 Å². The van der Waals surface area contributed by atoms with Gasteiger partial charge in [0.25, 0.3) is 0 Å². The van der Waals surface area contributed by atoms with Gasteiger partial charge in [-0.05, 0) is 19.9 Å². The lowest BCUT2D eigenvalue weighted by molar-refractivity contribution is 0.292. The molecule has 1 nitrogen and oxygen atoms in total. The fraction of sp³-hybridized carbons (Fsp3) is 1.00. The van der Waals surface area contributed by atoms with Crippen molar-refractivity contribution in [3.05, 3.63) is 0 Å². The summed E-state index contributed by atoms with van der Waals surface area (Å²) in [6, 6.07) is 0.615. The summed E-state index contributed by atoms with van der Waals surface area (Å²) >= 11 is 11.5. The van der Waals surface area contributed by atoms with E-state index in [1.165, 1.54) is 32.1 Å². The van der Waals surface area contributed by atoms with E-state index >= 15 is 0 Å². The molecular formula is C7H14BCl2N. The average Bonchev–Trinajstić information content (AvgIpc) is 2.05. The largest absolute Gasteiger partial charge is 0.434 e. The van der Waals surface area contributed by atoms with Crippen molar-refractivity contribution >= 4 is 28.6 Å². The van der Waals surface area contributed by atoms with E-state index in [9.17, 15) is 0 Å². The van der Waals surface area contributed by atoms with Crippen LogP contribution in [0.25, 0.3) is 0 Å². The van der Waals surface area contributed by atoms with E-state index in [2.05, 4.69) is 4.81 Å². The van der Waals surface area contributed by atoms with Gasteiger partial charge < -0.3 is 4.81 Å². The molecule has 1 aliphatic carbocycles. The highest BCUT2D eigenvalue weighted by Gasteiger charge is 2.24. The second-order valence-electron chi connectivity index (χ2n) is 3.23. The van der Waals surface area contributed by atoms with Crippen molar-refractivity contribution in [1.29, 1.82) is 0 Å². The van der Waals surface area contributed by atoms with E-state index in [0.29, 0.717) is 6.04 Å². The van der Waals surface area contributed by atoms with Crippen molar-refractivity contribution in [2.45, 2.75) is 38.1 Å². The van der Waals surface area contributed by atoms with Crippen molar-refractivity contribution in [3.8, 4) is 0 Å². The van der Waals surface area contributed by atoms with Gasteiger partial charge in [-0.2, -0.15) is 0 Å². The van der Waals surface area contributed by atoms with E-state index in [-0.39, 0.29) is 5.68 Å². The van der Waals surface area contributed by atoms with Crippen LogP contribution in [0, 0.1) is 0 Å². The molecule has 0 aliphatic heterocycles. The Labute approximate surface area is 79.0 Å². The van der Waals surface area contributed by atoms with Gasteiger partial charge in [-0.15, -0.1) is 22.9 Å². The molecule has 1 aliphatic rings. The van der Waals surface area contributed by atoms with Gasteiger partial charge >= 0.3 is 5.68 Å². The van der Waals surface area contributed by atoms with Gasteiger partial charge in [0.05, 0.1) is 0 Å². The van der Waals surface area contributed by atoms with E-state index in [1.54, 1.807) is 0 Å². The lowest BCUT2D eigenvalue weighted by atomic mass is 9.93. The second kappa shape index (κ2) is 4.59. The zero-order valence-electron chi connectivity index (χ0n) is 6.89. The molecule has 0 aromatic heterocycles. The lowest BCUT2D eigenvalue weighted by Crippen LogP contribution is -2.38. The van der Waals surface area contributed by atoms with Gasteiger partial charge in [0.15, 0.2) is 0 Å². The minimum atomic E-state index is -0.335. The minimum Gasteiger partial charge on any atom is -0.315 e. The Hall–Kier alpha value is 0.605. The summed E-state index contributed by atoms with van der Waals surface area (Å²) in [5.41, 5.74) is -0.335. The van der Waals surface area contributed by atoms with Gasteiger partial charge in [0.1, 0.15) is 0 Å². The zero-order chi connectivity index (χ0) is 8.27. The Balaban J connectivity index is 2.32. The normalized spacial score (nSPS) is 20.7. The molecule has 0 unspecified atom stereocenters. The summed E-state index contributed by atoms with van der Waals surface area (Å²) in [4.78, 5) is 2.06. The van der Waals surface area contributed by atoms with E-state index in [4.69, 9.17) is 22.9 Å². The molecule has 1 saturated carbocycles. The molecular weight excluding hydrogens is 180 g/mol. The molecule has 0 aromatic carbocycles. The predicted octanol–water partition coefficient (Wildman–Crippen LogP) is 2.71. The van der Waals surface area contributed by atoms with Crippen LogP contribution >= 0.6 is 22.9 Å². The second-order valence-corrected chi connectivity index (χ2v) is 4.29. The maximum Gasteiger partial charge on any atom is 0.434 e. The van der Waals surface area contributed by atoms with Crippen molar-refractivity contribution in [1.82, 2.24) is 4.81 Å². The maximum atomic E-state index is 5.75. The SMILES string of the molecule is CN(B(Cl)Cl)C1CCCCC1. The highest BCUT2D eigenvalue weighted by atomic mass is 35.5. The zero-order valence-corrected chi connectivity index (χ0v) is 8.41. The standard InChI is InChI=1S/C7H14BCl2N/c1-11(8(9)10)7-5-3-2-4-6-7/h7H,2-6H2,1H3. The molecule has 0 aromatic rings. The monoisotopic (exact) mass is 193 g/mol. The summed E-state index contributed by atoms with van der Waals surface area (Å²) in [7, 11) is 2.00. The van der Waals surface area contributed by atoms with Gasteiger partial charge in [-0.25, -0.2) is 0 Å². The molecule has 11 heavy (non-hydrogen) atoms. The van der Waals surface area contributed by atoms with Crippen LogP contribution in [0.2, 0.25) is 0 Å². The maximum absolute atomic E-state index is 5.75. The fourth-order valence-electron chi connectivity index (χ4n) is 1.65. The van der Waals surface area contributed by atoms with Crippen LogP contribution in [-0.2, 0) is 0 Å². The number of hydrogen-bond donors (Lipinski definition) is 0. The molecule has 4 heteroatoms. The van der Waals surface area contributed by atoms with Gasteiger partial charge in [-0.3, -0.25) is 0 Å². The summed E-state index contributed by atoms with van der Waals surface area (Å²) in [5, 5.41) is 0. The van der Waals surface area contributed by atoms with Gasteiger partial charge in [0.2, 0.25) is 0 Å². The first kappa shape index (κ1) is 9.69. The first-order valence-electron chi connectivity index (χ1n) is 4.22. The Morgan fingerprint density at radius 2 is 1.73 bits per heavy atom. The smallest absolute Gasteiger partial charge is 0.315 e. The first-order chi connectivity index (χ1) is 5.22. The van der Waals surface area contributed by atoms with Crippen LogP contribution in [0.5, 0.6) is 0 Å². The fourth-order valence-corrected chi connectivity index (χ4v) is 1.97. The molecule has 0 saturated heterocycles. The van der Waals surface area contributed by atoms with Crippen molar-refractivity contribution in [2.75, 3.05) is 7.05 Å². The van der Waals surface area contributed by atoms with Crippen molar-refractivity contribution < 1.29 is 0 Å². The van der Waals surface area contributed by atoms with E-state index in [1.807, 2.05) is 7.05 Å². The van der Waals surface area contributed by atoms with Gasteiger partial charge in [-0.1, -0.05) is 19.3 Å². The summed E-state index contributed by atoms with van der Waals surface area (Å²) < 4.78 is 0. The van der Waals surface area contributed by atoms with Crippen LogP contribution in [0.1, 0.15) is 32.1 Å². The van der Waals surface area contributed by atoms with E-state index < -0.39 is 0 Å². The Kier molecular flexibility index (Phi) is 4.04. The molecule has 0 spiro atoms. The lowest BCUT2D eigenvalue weighted by Gasteiger charge is -2.30. The summed E-state index contributed by atoms with van der Waals surface area (Å²) in [6.07, 6.45) is 6.55. The topological polar surface area (TPSA) is 3.24 Å². The number of halogens is 2. The van der Waals surface area contributed by atoms with Crippen molar-refractivity contribution in [3.63, 3.8) is 0 Å². The Bertz CT molecular complexity index is 115. The van der Waals surface area contributed by atoms with Crippen LogP contribution in [0.15, 0.2) is 0 Å². The van der Waals surface area contributed by atoms with Crippen LogP contribution in [-0.4, -0.2) is 23.6 Å². The third-order valence-electron chi connectivity index (χ3n) is 2.46. The van der Waals surface area contributed by atoms with Crippen molar-refractivity contribution in [2.24, 2.45) is 0 Å². The van der Waals surface area contributed by atoms with Crippen LogP contribution in [0.4, 0.5) is 0 Å². The summed E-state index contributed by atoms with van der Waals surface area (Å²) in [6.45, 7) is 0. The third kappa shape index (κ3) is 2.85. The number of nitrogens with zero attached hydrogens (tertiary/aromatic N) is 1. The Morgan fingerprint density at radius 3 is 2.18 bits per heavy atom. The van der Waals surface area contributed by atoms with Crippen LogP contribution in [0.3, 0.4) is 0 Å². The third-order valence-corrected chi connectivity index (χ3v) is 3.07. The molecule has 0 bridgehead atoms. The highest BCUT2D eigenvalue weighted by Crippen LogP contribution is 2.23. The predicted molar refractivity (Wildman–Crippen MR) is 52.1 cm³/mol. The number of rotatable bonds is 2. The molecule has 1 fully saturated rings. The molecule has 0 amide bonds. The molecule has 0 radical (unpaired) electrons. The quantitative estimate of drug-likeness (QED) is 0.610. The molecule has 64 valence electrons. The van der Waals surface area contributed by atoms with E-state index in [0.717, 1.165) is 0 Å². The Morgan fingerprint density at radius 1 is 1.18 bits per heavy atom. The summed E-state index contributed by atoms with van der Waals surface area (Å²) in [5.74, 6) is 0. The molecule has 0 heterocycles. The highest BCUT2D eigenvalue weighted by molar-refractivity contribution is 7.32. The van der Waals surface area contributed by atoms with Crippen LogP contribution < -0.4 is 0 Å². The number of hydrogen-bond acceptors (Lipinski definition) is 1. The average molecular weight is 194 g/mol. The first-order valence-corrected chi connectivity index (χ1v) is 5.09. The minimum absolute atomic E-state index is 0.335. The molecule has 1 rings (SSSR count).